The fraction of sp³-hybridized carbons (Fsp3) is 0.263. The van der Waals surface area contributed by atoms with E-state index in [0.29, 0.717) is 42.8 Å². The van der Waals surface area contributed by atoms with Crippen molar-refractivity contribution in [2.24, 2.45) is 0 Å². The number of nitro groups is 1. The minimum atomic E-state index is -0.573. The Hall–Kier alpha value is -2.93. The van der Waals surface area contributed by atoms with E-state index < -0.39 is 10.8 Å². The van der Waals surface area contributed by atoms with Crippen molar-refractivity contribution in [2.75, 3.05) is 18.6 Å². The number of carbonyl (C=O) groups excluding carboxylic acids is 2. The SMILES string of the molecule is COc1ccc2c(c1)C(=O)CCCCN2C(=O)c1ccc([N+](=O)[O-])cc1Cl. The molecule has 0 saturated heterocycles. The zero-order valence-electron chi connectivity index (χ0n) is 14.6. The second-order valence-corrected chi connectivity index (χ2v) is 6.55. The number of fused-ring (bicyclic) bond motifs is 1. The standard InChI is InChI=1S/C19H17ClN2O5/c1-27-13-6-8-17-15(11-13)18(23)4-2-3-9-21(17)19(24)14-7-5-12(22(25)26)10-16(14)20/h5-8,10-11H,2-4,9H2,1H3. The van der Waals surface area contributed by atoms with Gasteiger partial charge in [0.1, 0.15) is 5.75 Å². The highest BCUT2D eigenvalue weighted by molar-refractivity contribution is 6.34. The Labute approximate surface area is 160 Å². The normalized spacial score (nSPS) is 14.1. The first-order valence-corrected chi connectivity index (χ1v) is 8.77. The third-order valence-electron chi connectivity index (χ3n) is 4.47. The first-order valence-electron chi connectivity index (χ1n) is 8.39. The highest BCUT2D eigenvalue weighted by Crippen LogP contribution is 2.32. The van der Waals surface area contributed by atoms with Crippen molar-refractivity contribution < 1.29 is 19.2 Å². The molecule has 1 heterocycles. The molecule has 1 aliphatic rings. The first-order chi connectivity index (χ1) is 12.9. The number of amides is 1. The average Bonchev–Trinajstić information content (AvgIpc) is 2.65. The van der Waals surface area contributed by atoms with E-state index in [1.54, 1.807) is 18.2 Å². The zero-order chi connectivity index (χ0) is 19.6. The smallest absolute Gasteiger partial charge is 0.270 e. The summed E-state index contributed by atoms with van der Waals surface area (Å²) < 4.78 is 5.20. The van der Waals surface area contributed by atoms with E-state index in [0.717, 1.165) is 6.07 Å². The number of ether oxygens (including phenoxy) is 1. The topological polar surface area (TPSA) is 89.8 Å². The Morgan fingerprint density at radius 3 is 2.67 bits per heavy atom. The van der Waals surface area contributed by atoms with E-state index in [9.17, 15) is 19.7 Å². The molecule has 3 rings (SSSR count). The Morgan fingerprint density at radius 1 is 1.22 bits per heavy atom. The molecule has 0 fully saturated rings. The molecule has 0 spiro atoms. The average molecular weight is 389 g/mol. The summed E-state index contributed by atoms with van der Waals surface area (Å²) in [6.07, 6.45) is 1.72. The number of nitro benzene ring substituents is 1. The number of Topliss-reactive ketones (excluding diaryl/α,β-unsaturated/α-hetero) is 1. The third kappa shape index (κ3) is 3.78. The molecule has 8 heteroatoms. The molecule has 2 aromatic carbocycles. The number of ketones is 1. The molecular formula is C19H17ClN2O5. The fourth-order valence-corrected chi connectivity index (χ4v) is 3.31. The predicted octanol–water partition coefficient (Wildman–Crippen LogP) is 4.27. The molecule has 140 valence electrons. The summed E-state index contributed by atoms with van der Waals surface area (Å²) in [5, 5.41) is 10.9. The van der Waals surface area contributed by atoms with E-state index in [-0.39, 0.29) is 22.1 Å². The number of rotatable bonds is 3. The lowest BCUT2D eigenvalue weighted by Crippen LogP contribution is -2.34. The molecule has 0 radical (unpaired) electrons. The number of methoxy groups -OCH3 is 1. The zero-order valence-corrected chi connectivity index (χ0v) is 15.4. The van der Waals surface area contributed by atoms with Crippen molar-refractivity contribution >= 4 is 34.7 Å². The molecule has 0 atom stereocenters. The van der Waals surface area contributed by atoms with Crippen molar-refractivity contribution in [3.05, 3.63) is 62.7 Å². The van der Waals surface area contributed by atoms with Crippen LogP contribution in [0, 0.1) is 10.1 Å². The number of anilines is 1. The molecule has 7 nitrogen and oxygen atoms in total. The molecule has 2 aromatic rings. The molecule has 1 aliphatic heterocycles. The Balaban J connectivity index is 2.05. The molecule has 0 saturated carbocycles. The minimum Gasteiger partial charge on any atom is -0.497 e. The van der Waals surface area contributed by atoms with Crippen LogP contribution >= 0.6 is 11.6 Å². The Morgan fingerprint density at radius 2 is 2.00 bits per heavy atom. The molecule has 27 heavy (non-hydrogen) atoms. The van der Waals surface area contributed by atoms with Gasteiger partial charge in [0.15, 0.2) is 5.78 Å². The van der Waals surface area contributed by atoms with Crippen molar-refractivity contribution in [3.8, 4) is 5.75 Å². The number of nitrogens with zero attached hydrogens (tertiary/aromatic N) is 2. The summed E-state index contributed by atoms with van der Waals surface area (Å²) in [6, 6.07) is 8.72. The van der Waals surface area contributed by atoms with Gasteiger partial charge in [0.25, 0.3) is 11.6 Å². The van der Waals surface area contributed by atoms with Gasteiger partial charge in [-0.1, -0.05) is 11.6 Å². The van der Waals surface area contributed by atoms with Gasteiger partial charge in [0, 0.05) is 30.7 Å². The van der Waals surface area contributed by atoms with Crippen LogP contribution in [0.25, 0.3) is 0 Å². The van der Waals surface area contributed by atoms with Gasteiger partial charge in [-0.15, -0.1) is 0 Å². The predicted molar refractivity (Wildman–Crippen MR) is 101 cm³/mol. The number of hydrogen-bond donors (Lipinski definition) is 0. The second-order valence-electron chi connectivity index (χ2n) is 6.14. The summed E-state index contributed by atoms with van der Waals surface area (Å²) in [5.41, 5.74) is 0.863. The quantitative estimate of drug-likeness (QED) is 0.578. The highest BCUT2D eigenvalue weighted by atomic mass is 35.5. The number of benzene rings is 2. The van der Waals surface area contributed by atoms with Crippen LogP contribution in [0.1, 0.15) is 40.0 Å². The third-order valence-corrected chi connectivity index (χ3v) is 4.78. The fourth-order valence-electron chi connectivity index (χ4n) is 3.06. The summed E-state index contributed by atoms with van der Waals surface area (Å²) in [7, 11) is 1.51. The van der Waals surface area contributed by atoms with Gasteiger partial charge in [-0.2, -0.15) is 0 Å². The molecule has 0 aliphatic carbocycles. The van der Waals surface area contributed by atoms with Gasteiger partial charge in [0.2, 0.25) is 0 Å². The van der Waals surface area contributed by atoms with Crippen molar-refractivity contribution in [3.63, 3.8) is 0 Å². The molecular weight excluding hydrogens is 372 g/mol. The van der Waals surface area contributed by atoms with E-state index in [1.807, 2.05) is 0 Å². The van der Waals surface area contributed by atoms with Gasteiger partial charge < -0.3 is 9.64 Å². The van der Waals surface area contributed by atoms with E-state index in [2.05, 4.69) is 0 Å². The maximum atomic E-state index is 13.1. The summed E-state index contributed by atoms with van der Waals surface area (Å²) in [4.78, 5) is 37.5. The van der Waals surface area contributed by atoms with Crippen molar-refractivity contribution in [1.29, 1.82) is 0 Å². The first kappa shape index (κ1) is 18.8. The van der Waals surface area contributed by atoms with Crippen LogP contribution in [0.3, 0.4) is 0 Å². The lowest BCUT2D eigenvalue weighted by Gasteiger charge is -2.27. The van der Waals surface area contributed by atoms with E-state index >= 15 is 0 Å². The molecule has 0 unspecified atom stereocenters. The van der Waals surface area contributed by atoms with Crippen LogP contribution in [0.5, 0.6) is 5.75 Å². The van der Waals surface area contributed by atoms with Crippen LogP contribution in [-0.2, 0) is 0 Å². The van der Waals surface area contributed by atoms with Crippen LogP contribution in [0.2, 0.25) is 5.02 Å². The monoisotopic (exact) mass is 388 g/mol. The summed E-state index contributed by atoms with van der Waals surface area (Å²) >= 11 is 6.13. The van der Waals surface area contributed by atoms with Crippen LogP contribution in [0.4, 0.5) is 11.4 Å². The van der Waals surface area contributed by atoms with Gasteiger partial charge >= 0.3 is 0 Å². The van der Waals surface area contributed by atoms with E-state index in [1.165, 1.54) is 24.1 Å². The van der Waals surface area contributed by atoms with Crippen molar-refractivity contribution in [1.82, 2.24) is 0 Å². The summed E-state index contributed by atoms with van der Waals surface area (Å²) in [5.74, 6) is 0.0654. The molecule has 0 aromatic heterocycles. The number of halogens is 1. The van der Waals surface area contributed by atoms with Gasteiger partial charge in [-0.05, 0) is 37.1 Å². The minimum absolute atomic E-state index is 0.00218. The Bertz CT molecular complexity index is 928. The van der Waals surface area contributed by atoms with Gasteiger partial charge in [-0.3, -0.25) is 19.7 Å². The highest BCUT2D eigenvalue weighted by Gasteiger charge is 2.27. The number of carbonyl (C=O) groups is 2. The van der Waals surface area contributed by atoms with Crippen LogP contribution < -0.4 is 9.64 Å². The number of hydrogen-bond acceptors (Lipinski definition) is 5. The molecule has 0 N–H and O–H groups in total. The summed E-state index contributed by atoms with van der Waals surface area (Å²) in [6.45, 7) is 0.415. The maximum Gasteiger partial charge on any atom is 0.270 e. The van der Waals surface area contributed by atoms with E-state index in [4.69, 9.17) is 16.3 Å². The molecule has 0 bridgehead atoms. The molecule has 1 amide bonds. The second kappa shape index (κ2) is 7.75. The number of non-ortho nitro benzene ring substituents is 1. The lowest BCUT2D eigenvalue weighted by atomic mass is 9.99. The largest absolute Gasteiger partial charge is 0.497 e. The van der Waals surface area contributed by atoms with Gasteiger partial charge in [-0.25, -0.2) is 0 Å². The Kier molecular flexibility index (Phi) is 5.41. The van der Waals surface area contributed by atoms with Crippen LogP contribution in [-0.4, -0.2) is 30.3 Å². The maximum absolute atomic E-state index is 13.1. The van der Waals surface area contributed by atoms with Crippen molar-refractivity contribution in [2.45, 2.75) is 19.3 Å². The van der Waals surface area contributed by atoms with Gasteiger partial charge in [0.05, 0.1) is 28.3 Å². The lowest BCUT2D eigenvalue weighted by molar-refractivity contribution is -0.384. The van der Waals surface area contributed by atoms with Crippen LogP contribution in [0.15, 0.2) is 36.4 Å².